The molecule has 0 bridgehead atoms. The number of amides is 1. The van der Waals surface area contributed by atoms with Crippen molar-refractivity contribution in [1.82, 2.24) is 9.88 Å². The van der Waals surface area contributed by atoms with Crippen LogP contribution in [0.15, 0.2) is 54.9 Å². The molecule has 1 amide bonds. The molecular weight excluding hydrogens is 252 g/mol. The Morgan fingerprint density at radius 3 is 2.65 bits per heavy atom. The van der Waals surface area contributed by atoms with Gasteiger partial charge >= 0.3 is 0 Å². The molecule has 1 fully saturated rings. The highest BCUT2D eigenvalue weighted by molar-refractivity contribution is 5.94. The topological polar surface area (TPSA) is 42.4 Å². The third kappa shape index (κ3) is 2.70. The molecule has 2 aromatic rings. The lowest BCUT2D eigenvalue weighted by Crippen LogP contribution is -2.42. The van der Waals surface area contributed by atoms with Gasteiger partial charge in [0.15, 0.2) is 0 Å². The van der Waals surface area contributed by atoms with Gasteiger partial charge in [0.1, 0.15) is 6.10 Å². The number of hydrogen-bond donors (Lipinski definition) is 0. The van der Waals surface area contributed by atoms with Crippen LogP contribution in [-0.2, 0) is 4.74 Å². The fourth-order valence-corrected chi connectivity index (χ4v) is 2.38. The molecule has 2 heterocycles. The molecule has 1 unspecified atom stereocenters. The van der Waals surface area contributed by atoms with Crippen molar-refractivity contribution in [3.05, 3.63) is 66.0 Å². The maximum Gasteiger partial charge on any atom is 0.254 e. The van der Waals surface area contributed by atoms with Crippen LogP contribution in [0.4, 0.5) is 0 Å². The second kappa shape index (κ2) is 5.84. The Balaban J connectivity index is 1.74. The van der Waals surface area contributed by atoms with Gasteiger partial charge in [0.25, 0.3) is 5.91 Å². The van der Waals surface area contributed by atoms with Gasteiger partial charge < -0.3 is 9.64 Å². The first kappa shape index (κ1) is 12.8. The molecule has 4 heteroatoms. The molecule has 1 aromatic heterocycles. The first-order chi connectivity index (χ1) is 9.84. The van der Waals surface area contributed by atoms with Crippen LogP contribution in [0, 0.1) is 0 Å². The number of benzene rings is 1. The van der Waals surface area contributed by atoms with Crippen LogP contribution in [-0.4, -0.2) is 35.5 Å². The van der Waals surface area contributed by atoms with E-state index < -0.39 is 0 Å². The molecule has 1 atom stereocenters. The summed E-state index contributed by atoms with van der Waals surface area (Å²) in [4.78, 5) is 18.2. The monoisotopic (exact) mass is 268 g/mol. The van der Waals surface area contributed by atoms with Crippen molar-refractivity contribution in [2.45, 2.75) is 6.10 Å². The fraction of sp³-hybridized carbons (Fsp3) is 0.250. The van der Waals surface area contributed by atoms with E-state index in [0.717, 1.165) is 5.56 Å². The Morgan fingerprint density at radius 2 is 1.90 bits per heavy atom. The highest BCUT2D eigenvalue weighted by Crippen LogP contribution is 2.22. The number of hydrogen-bond acceptors (Lipinski definition) is 3. The number of carbonyl (C=O) groups excluding carboxylic acids is 1. The minimum Gasteiger partial charge on any atom is -0.370 e. The predicted molar refractivity (Wildman–Crippen MR) is 75.3 cm³/mol. The molecule has 1 aliphatic heterocycles. The first-order valence-corrected chi connectivity index (χ1v) is 6.70. The van der Waals surface area contributed by atoms with Crippen LogP contribution in [0.25, 0.3) is 0 Å². The Morgan fingerprint density at radius 1 is 1.15 bits per heavy atom. The van der Waals surface area contributed by atoms with Crippen LogP contribution < -0.4 is 0 Å². The normalized spacial score (nSPS) is 18.8. The third-order valence-corrected chi connectivity index (χ3v) is 3.45. The van der Waals surface area contributed by atoms with E-state index >= 15 is 0 Å². The zero-order valence-electron chi connectivity index (χ0n) is 11.1. The quantitative estimate of drug-likeness (QED) is 0.839. The van der Waals surface area contributed by atoms with E-state index in [-0.39, 0.29) is 12.0 Å². The zero-order chi connectivity index (χ0) is 13.8. The van der Waals surface area contributed by atoms with Gasteiger partial charge in [0, 0.05) is 24.5 Å². The molecular formula is C16H16N2O2. The molecule has 0 N–H and O–H groups in total. The maximum absolute atomic E-state index is 12.4. The smallest absolute Gasteiger partial charge is 0.254 e. The second-order valence-electron chi connectivity index (χ2n) is 4.76. The first-order valence-electron chi connectivity index (χ1n) is 6.70. The van der Waals surface area contributed by atoms with E-state index in [1.165, 1.54) is 0 Å². The van der Waals surface area contributed by atoms with Gasteiger partial charge in [-0.3, -0.25) is 9.78 Å². The number of aromatic nitrogens is 1. The number of nitrogens with zero attached hydrogens (tertiary/aromatic N) is 2. The lowest BCUT2D eigenvalue weighted by atomic mass is 10.1. The standard InChI is InChI=1S/C16H16N2O2/c19-16(14-6-8-17-9-7-14)18-10-11-20-15(12-18)13-4-2-1-3-5-13/h1-9,15H,10-12H2. The number of rotatable bonds is 2. The van der Waals surface area contributed by atoms with Crippen molar-refractivity contribution in [3.63, 3.8) is 0 Å². The number of pyridine rings is 1. The van der Waals surface area contributed by atoms with Crippen molar-refractivity contribution < 1.29 is 9.53 Å². The Hall–Kier alpha value is -2.20. The van der Waals surface area contributed by atoms with Gasteiger partial charge in [-0.05, 0) is 17.7 Å². The van der Waals surface area contributed by atoms with Crippen molar-refractivity contribution in [3.8, 4) is 0 Å². The zero-order valence-corrected chi connectivity index (χ0v) is 11.1. The van der Waals surface area contributed by atoms with Gasteiger partial charge in [-0.25, -0.2) is 0 Å². The van der Waals surface area contributed by atoms with Crippen molar-refractivity contribution >= 4 is 5.91 Å². The van der Waals surface area contributed by atoms with Crippen molar-refractivity contribution in [1.29, 1.82) is 0 Å². The SMILES string of the molecule is O=C(c1ccncc1)N1CCOC(c2ccccc2)C1. The molecule has 0 spiro atoms. The summed E-state index contributed by atoms with van der Waals surface area (Å²) in [7, 11) is 0. The van der Waals surface area contributed by atoms with E-state index in [4.69, 9.17) is 4.74 Å². The van der Waals surface area contributed by atoms with E-state index in [0.29, 0.717) is 25.3 Å². The molecule has 102 valence electrons. The van der Waals surface area contributed by atoms with Crippen LogP contribution in [0.2, 0.25) is 0 Å². The second-order valence-corrected chi connectivity index (χ2v) is 4.76. The lowest BCUT2D eigenvalue weighted by Gasteiger charge is -2.33. The van der Waals surface area contributed by atoms with Crippen LogP contribution in [0.3, 0.4) is 0 Å². The Bertz CT molecular complexity index is 572. The molecule has 3 rings (SSSR count). The minimum atomic E-state index is -0.0456. The summed E-state index contributed by atoms with van der Waals surface area (Å²) in [6, 6.07) is 13.5. The number of morpholine rings is 1. The van der Waals surface area contributed by atoms with E-state index in [1.807, 2.05) is 35.2 Å². The number of ether oxygens (including phenoxy) is 1. The van der Waals surface area contributed by atoms with E-state index in [9.17, 15) is 4.79 Å². The summed E-state index contributed by atoms with van der Waals surface area (Å²) < 4.78 is 5.77. The van der Waals surface area contributed by atoms with Crippen LogP contribution >= 0.6 is 0 Å². The van der Waals surface area contributed by atoms with Gasteiger partial charge in [0.2, 0.25) is 0 Å². The van der Waals surface area contributed by atoms with Gasteiger partial charge in [0.05, 0.1) is 13.2 Å². The predicted octanol–water partition coefficient (Wildman–Crippen LogP) is 2.30. The van der Waals surface area contributed by atoms with Gasteiger partial charge in [-0.2, -0.15) is 0 Å². The molecule has 4 nitrogen and oxygen atoms in total. The molecule has 20 heavy (non-hydrogen) atoms. The van der Waals surface area contributed by atoms with Crippen molar-refractivity contribution in [2.24, 2.45) is 0 Å². The largest absolute Gasteiger partial charge is 0.370 e. The summed E-state index contributed by atoms with van der Waals surface area (Å²) in [6.45, 7) is 1.78. The molecule has 0 aliphatic carbocycles. The summed E-state index contributed by atoms with van der Waals surface area (Å²) in [5, 5.41) is 0. The molecule has 0 radical (unpaired) electrons. The fourth-order valence-electron chi connectivity index (χ4n) is 2.38. The summed E-state index contributed by atoms with van der Waals surface area (Å²) >= 11 is 0. The minimum absolute atomic E-state index is 0.0385. The molecule has 0 saturated carbocycles. The van der Waals surface area contributed by atoms with E-state index in [2.05, 4.69) is 4.98 Å². The Labute approximate surface area is 118 Å². The van der Waals surface area contributed by atoms with E-state index in [1.54, 1.807) is 24.5 Å². The third-order valence-electron chi connectivity index (χ3n) is 3.45. The van der Waals surface area contributed by atoms with Gasteiger partial charge in [-0.15, -0.1) is 0 Å². The highest BCUT2D eigenvalue weighted by atomic mass is 16.5. The number of carbonyl (C=O) groups is 1. The van der Waals surface area contributed by atoms with Gasteiger partial charge in [-0.1, -0.05) is 30.3 Å². The summed E-state index contributed by atoms with van der Waals surface area (Å²) in [5.74, 6) is 0.0385. The molecule has 1 aromatic carbocycles. The summed E-state index contributed by atoms with van der Waals surface area (Å²) in [5.41, 5.74) is 1.79. The summed E-state index contributed by atoms with van der Waals surface area (Å²) in [6.07, 6.45) is 3.24. The lowest BCUT2D eigenvalue weighted by molar-refractivity contribution is -0.0228. The maximum atomic E-state index is 12.4. The van der Waals surface area contributed by atoms with Crippen LogP contribution in [0.1, 0.15) is 22.0 Å². The Kier molecular flexibility index (Phi) is 3.74. The van der Waals surface area contributed by atoms with Crippen molar-refractivity contribution in [2.75, 3.05) is 19.7 Å². The van der Waals surface area contributed by atoms with Crippen LogP contribution in [0.5, 0.6) is 0 Å². The average Bonchev–Trinajstić information content (AvgIpc) is 2.56. The molecule has 1 saturated heterocycles. The average molecular weight is 268 g/mol. The molecule has 1 aliphatic rings. The highest BCUT2D eigenvalue weighted by Gasteiger charge is 2.25.